The van der Waals surface area contributed by atoms with E-state index in [0.29, 0.717) is 6.42 Å². The summed E-state index contributed by atoms with van der Waals surface area (Å²) in [6.07, 6.45) is 3.77. The predicted molar refractivity (Wildman–Crippen MR) is 78.5 cm³/mol. The molecule has 1 aromatic rings. The predicted octanol–water partition coefficient (Wildman–Crippen LogP) is 2.25. The lowest BCUT2D eigenvalue weighted by Gasteiger charge is -2.44. The Morgan fingerprint density at radius 3 is 3.05 bits per heavy atom. The van der Waals surface area contributed by atoms with Crippen molar-refractivity contribution in [1.82, 2.24) is 10.2 Å². The Balaban J connectivity index is 1.94. The maximum absolute atomic E-state index is 12.8. The van der Waals surface area contributed by atoms with E-state index in [4.69, 9.17) is 0 Å². The molecule has 2 aliphatic rings. The number of carbonyl (C=O) groups excluding carboxylic acids is 2. The molecule has 0 bridgehead atoms. The third-order valence-electron chi connectivity index (χ3n) is 4.57. The highest BCUT2D eigenvalue weighted by Gasteiger charge is 2.44. The van der Waals surface area contributed by atoms with Gasteiger partial charge in [0.15, 0.2) is 0 Å². The van der Waals surface area contributed by atoms with Crippen LogP contribution < -0.4 is 5.32 Å². The molecule has 1 fully saturated rings. The van der Waals surface area contributed by atoms with E-state index in [9.17, 15) is 9.59 Å². The van der Waals surface area contributed by atoms with Gasteiger partial charge in [-0.2, -0.15) is 0 Å². The summed E-state index contributed by atoms with van der Waals surface area (Å²) in [6, 6.07) is 2.20. The number of hydrogen-bond acceptors (Lipinski definition) is 3. The molecule has 4 nitrogen and oxygen atoms in total. The molecule has 1 aliphatic carbocycles. The van der Waals surface area contributed by atoms with E-state index in [2.05, 4.69) is 16.8 Å². The van der Waals surface area contributed by atoms with Gasteiger partial charge in [0.2, 0.25) is 11.8 Å². The number of carbonyl (C=O) groups is 2. The standard InChI is InChI=1S/C15H20N2O2S/c1-3-15(2)14(19)17(9-13(18)16-15)11-5-4-6-12-10(11)7-8-20-12/h7-8,11H,3-6,9H2,1-2H3,(H,16,18). The van der Waals surface area contributed by atoms with Crippen molar-refractivity contribution in [2.45, 2.75) is 51.1 Å². The van der Waals surface area contributed by atoms with E-state index in [0.717, 1.165) is 19.3 Å². The molecule has 0 spiro atoms. The summed E-state index contributed by atoms with van der Waals surface area (Å²) in [4.78, 5) is 27.9. The molecule has 2 heterocycles. The van der Waals surface area contributed by atoms with Crippen molar-refractivity contribution in [3.05, 3.63) is 21.9 Å². The number of aryl methyl sites for hydroxylation is 1. The van der Waals surface area contributed by atoms with Crippen LogP contribution in [-0.4, -0.2) is 28.8 Å². The van der Waals surface area contributed by atoms with Gasteiger partial charge in [0, 0.05) is 4.88 Å². The summed E-state index contributed by atoms with van der Waals surface area (Å²) in [6.45, 7) is 3.96. The van der Waals surface area contributed by atoms with Gasteiger partial charge in [-0.05, 0) is 49.6 Å². The van der Waals surface area contributed by atoms with E-state index in [1.807, 2.05) is 13.8 Å². The monoisotopic (exact) mass is 292 g/mol. The van der Waals surface area contributed by atoms with Crippen LogP contribution in [0.5, 0.6) is 0 Å². The minimum atomic E-state index is -0.747. The molecule has 0 aromatic carbocycles. The first-order chi connectivity index (χ1) is 9.55. The molecule has 2 unspecified atom stereocenters. The molecule has 2 atom stereocenters. The third kappa shape index (κ3) is 2.04. The van der Waals surface area contributed by atoms with Crippen molar-refractivity contribution >= 4 is 23.2 Å². The van der Waals surface area contributed by atoms with Crippen molar-refractivity contribution in [3.63, 3.8) is 0 Å². The van der Waals surface area contributed by atoms with Crippen LogP contribution in [-0.2, 0) is 16.0 Å². The number of amides is 2. The molecule has 0 saturated carbocycles. The van der Waals surface area contributed by atoms with Gasteiger partial charge in [-0.1, -0.05) is 6.92 Å². The number of piperazine rings is 1. The largest absolute Gasteiger partial charge is 0.340 e. The second-order valence-corrected chi connectivity index (χ2v) is 6.87. The van der Waals surface area contributed by atoms with E-state index in [1.165, 1.54) is 10.4 Å². The molecular weight excluding hydrogens is 272 g/mol. The number of fused-ring (bicyclic) bond motifs is 1. The molecule has 1 aromatic heterocycles. The van der Waals surface area contributed by atoms with Gasteiger partial charge in [-0.25, -0.2) is 0 Å². The zero-order chi connectivity index (χ0) is 14.3. The van der Waals surface area contributed by atoms with Crippen molar-refractivity contribution in [1.29, 1.82) is 0 Å². The second-order valence-electron chi connectivity index (χ2n) is 5.87. The molecule has 108 valence electrons. The van der Waals surface area contributed by atoms with Gasteiger partial charge in [0.25, 0.3) is 0 Å². The minimum Gasteiger partial charge on any atom is -0.340 e. The van der Waals surface area contributed by atoms with Gasteiger partial charge >= 0.3 is 0 Å². The average Bonchev–Trinajstić information content (AvgIpc) is 2.91. The maximum atomic E-state index is 12.8. The molecule has 20 heavy (non-hydrogen) atoms. The highest BCUT2D eigenvalue weighted by Crippen LogP contribution is 2.38. The van der Waals surface area contributed by atoms with Crippen molar-refractivity contribution in [3.8, 4) is 0 Å². The maximum Gasteiger partial charge on any atom is 0.249 e. The van der Waals surface area contributed by atoms with Crippen LogP contribution in [0.4, 0.5) is 0 Å². The Bertz CT molecular complexity index is 554. The van der Waals surface area contributed by atoms with Crippen molar-refractivity contribution in [2.24, 2.45) is 0 Å². The van der Waals surface area contributed by atoms with Gasteiger partial charge in [0.1, 0.15) is 12.1 Å². The second kappa shape index (κ2) is 4.88. The quantitative estimate of drug-likeness (QED) is 0.909. The summed E-state index contributed by atoms with van der Waals surface area (Å²) < 4.78 is 0. The van der Waals surface area contributed by atoms with Crippen molar-refractivity contribution < 1.29 is 9.59 Å². The lowest BCUT2D eigenvalue weighted by atomic mass is 9.88. The Morgan fingerprint density at radius 1 is 1.50 bits per heavy atom. The lowest BCUT2D eigenvalue weighted by Crippen LogP contribution is -2.65. The van der Waals surface area contributed by atoms with E-state index in [1.54, 1.807) is 16.2 Å². The fraction of sp³-hybridized carbons (Fsp3) is 0.600. The zero-order valence-electron chi connectivity index (χ0n) is 11.9. The first-order valence-electron chi connectivity index (χ1n) is 7.23. The highest BCUT2D eigenvalue weighted by molar-refractivity contribution is 7.10. The minimum absolute atomic E-state index is 0.0451. The fourth-order valence-corrected chi connectivity index (χ4v) is 4.20. The van der Waals surface area contributed by atoms with Crippen LogP contribution in [0, 0.1) is 0 Å². The first kappa shape index (κ1) is 13.6. The Morgan fingerprint density at radius 2 is 2.30 bits per heavy atom. The molecular formula is C15H20N2O2S. The summed E-state index contributed by atoms with van der Waals surface area (Å²) in [5.74, 6) is 0.0138. The van der Waals surface area contributed by atoms with Crippen LogP contribution in [0.1, 0.15) is 49.6 Å². The topological polar surface area (TPSA) is 49.4 Å². The summed E-state index contributed by atoms with van der Waals surface area (Å²) in [5.41, 5.74) is 0.505. The average molecular weight is 292 g/mol. The molecule has 1 N–H and O–H groups in total. The number of rotatable bonds is 2. The molecule has 5 heteroatoms. The summed E-state index contributed by atoms with van der Waals surface area (Å²) in [5, 5.41) is 4.95. The molecule has 3 rings (SSSR count). The number of nitrogens with one attached hydrogen (secondary N) is 1. The van der Waals surface area contributed by atoms with E-state index < -0.39 is 5.54 Å². The van der Waals surface area contributed by atoms with Crippen LogP contribution in [0.2, 0.25) is 0 Å². The first-order valence-corrected chi connectivity index (χ1v) is 8.11. The van der Waals surface area contributed by atoms with E-state index >= 15 is 0 Å². The van der Waals surface area contributed by atoms with Crippen LogP contribution in [0.3, 0.4) is 0 Å². The van der Waals surface area contributed by atoms with Crippen molar-refractivity contribution in [2.75, 3.05) is 6.54 Å². The Kier molecular flexibility index (Phi) is 3.32. The third-order valence-corrected chi connectivity index (χ3v) is 5.56. The lowest BCUT2D eigenvalue weighted by molar-refractivity contribution is -0.152. The summed E-state index contributed by atoms with van der Waals surface area (Å²) >= 11 is 1.76. The van der Waals surface area contributed by atoms with Gasteiger partial charge in [-0.15, -0.1) is 11.3 Å². The number of thiophene rings is 1. The molecule has 1 aliphatic heterocycles. The summed E-state index contributed by atoms with van der Waals surface area (Å²) in [7, 11) is 0. The highest BCUT2D eigenvalue weighted by atomic mass is 32.1. The van der Waals surface area contributed by atoms with E-state index in [-0.39, 0.29) is 24.4 Å². The fourth-order valence-electron chi connectivity index (χ4n) is 3.22. The molecule has 1 saturated heterocycles. The van der Waals surface area contributed by atoms with Gasteiger partial charge in [0.05, 0.1) is 6.04 Å². The van der Waals surface area contributed by atoms with Crippen LogP contribution in [0.15, 0.2) is 11.4 Å². The Hall–Kier alpha value is -1.36. The number of nitrogens with zero attached hydrogens (tertiary/aromatic N) is 1. The normalized spacial score (nSPS) is 30.1. The smallest absolute Gasteiger partial charge is 0.249 e. The van der Waals surface area contributed by atoms with Gasteiger partial charge < -0.3 is 10.2 Å². The molecule has 2 amide bonds. The zero-order valence-corrected chi connectivity index (χ0v) is 12.8. The van der Waals surface area contributed by atoms with Gasteiger partial charge in [-0.3, -0.25) is 9.59 Å². The SMILES string of the molecule is CCC1(C)NC(=O)CN(C2CCCc3sccc32)C1=O. The number of hydrogen-bond donors (Lipinski definition) is 1. The van der Waals surface area contributed by atoms with Crippen LogP contribution >= 0.6 is 11.3 Å². The molecule has 0 radical (unpaired) electrons. The Labute approximate surface area is 123 Å². The van der Waals surface area contributed by atoms with Crippen LogP contribution in [0.25, 0.3) is 0 Å².